The minimum Gasteiger partial charge on any atom is -0.491 e. The number of nitrogens with zero attached hydrogens (tertiary/aromatic N) is 1. The fraction of sp³-hybridized carbons (Fsp3) is 0.611. The molecular weight excluding hydrogens is 276 g/mol. The molecule has 4 nitrogen and oxygen atoms in total. The Morgan fingerprint density at radius 3 is 2.45 bits per heavy atom. The summed E-state index contributed by atoms with van der Waals surface area (Å²) in [5.74, 6) is 1.30. The molecule has 0 aromatic heterocycles. The van der Waals surface area contributed by atoms with Crippen LogP contribution in [0.2, 0.25) is 0 Å². The van der Waals surface area contributed by atoms with Gasteiger partial charge in [0.1, 0.15) is 5.75 Å². The first-order chi connectivity index (χ1) is 10.3. The van der Waals surface area contributed by atoms with E-state index in [0.29, 0.717) is 12.5 Å². The molecule has 124 valence electrons. The molecule has 0 aliphatic carbocycles. The van der Waals surface area contributed by atoms with Gasteiger partial charge in [0, 0.05) is 13.1 Å². The third-order valence-corrected chi connectivity index (χ3v) is 3.32. The van der Waals surface area contributed by atoms with E-state index in [-0.39, 0.29) is 18.2 Å². The summed E-state index contributed by atoms with van der Waals surface area (Å²) in [5, 5.41) is 3.06. The Bertz CT molecular complexity index is 472. The average Bonchev–Trinajstić information content (AvgIpc) is 2.43. The minimum absolute atomic E-state index is 0.0149. The fourth-order valence-electron chi connectivity index (χ4n) is 2.29. The quantitative estimate of drug-likeness (QED) is 0.819. The van der Waals surface area contributed by atoms with Crippen molar-refractivity contribution in [3.63, 3.8) is 0 Å². The van der Waals surface area contributed by atoms with Crippen molar-refractivity contribution in [1.82, 2.24) is 10.2 Å². The molecule has 1 rings (SSSR count). The number of carbonyl (C=O) groups excluding carboxylic acids is 1. The van der Waals surface area contributed by atoms with Crippen molar-refractivity contribution < 1.29 is 9.53 Å². The molecule has 22 heavy (non-hydrogen) atoms. The van der Waals surface area contributed by atoms with Gasteiger partial charge in [-0.15, -0.1) is 0 Å². The van der Waals surface area contributed by atoms with Crippen molar-refractivity contribution in [1.29, 1.82) is 0 Å². The highest BCUT2D eigenvalue weighted by atomic mass is 16.5. The lowest BCUT2D eigenvalue weighted by Gasteiger charge is -2.25. The second-order valence-corrected chi connectivity index (χ2v) is 6.34. The van der Waals surface area contributed by atoms with Crippen molar-refractivity contribution in [2.24, 2.45) is 5.92 Å². The molecular formula is C18H30N2O2. The van der Waals surface area contributed by atoms with E-state index >= 15 is 0 Å². The van der Waals surface area contributed by atoms with Crippen LogP contribution in [0.25, 0.3) is 0 Å². The molecule has 1 N–H and O–H groups in total. The van der Waals surface area contributed by atoms with Crippen LogP contribution in [0.3, 0.4) is 0 Å². The van der Waals surface area contributed by atoms with E-state index in [4.69, 9.17) is 4.74 Å². The van der Waals surface area contributed by atoms with Crippen molar-refractivity contribution >= 4 is 6.03 Å². The number of urea groups is 1. The van der Waals surface area contributed by atoms with Gasteiger partial charge >= 0.3 is 6.03 Å². The molecule has 4 heteroatoms. The smallest absolute Gasteiger partial charge is 0.317 e. The first-order valence-corrected chi connectivity index (χ1v) is 8.15. The average molecular weight is 306 g/mol. The summed E-state index contributed by atoms with van der Waals surface area (Å²) in [6.45, 7) is 13.7. The molecule has 0 aliphatic rings. The molecule has 2 amide bonds. The number of carbonyl (C=O) groups is 1. The first-order valence-electron chi connectivity index (χ1n) is 8.15. The number of benzene rings is 1. The van der Waals surface area contributed by atoms with Crippen LogP contribution in [0.5, 0.6) is 5.75 Å². The van der Waals surface area contributed by atoms with E-state index in [1.165, 1.54) is 0 Å². The van der Waals surface area contributed by atoms with Crippen molar-refractivity contribution in [3.05, 3.63) is 29.8 Å². The van der Waals surface area contributed by atoms with E-state index in [0.717, 1.165) is 17.9 Å². The van der Waals surface area contributed by atoms with Crippen LogP contribution in [0.1, 0.15) is 53.1 Å². The zero-order chi connectivity index (χ0) is 16.7. The van der Waals surface area contributed by atoms with Gasteiger partial charge in [0.25, 0.3) is 0 Å². The SMILES string of the molecule is CCN(CC(C)C)C(=O)NC(C)c1cccc(OC(C)C)c1. The van der Waals surface area contributed by atoms with E-state index in [1.54, 1.807) is 0 Å². The zero-order valence-electron chi connectivity index (χ0n) is 14.7. The van der Waals surface area contributed by atoms with Gasteiger partial charge < -0.3 is 15.0 Å². The van der Waals surface area contributed by atoms with Crippen LogP contribution in [0.4, 0.5) is 4.79 Å². The van der Waals surface area contributed by atoms with Crippen molar-refractivity contribution in [2.45, 2.75) is 53.7 Å². The molecule has 1 unspecified atom stereocenters. The number of hydrogen-bond donors (Lipinski definition) is 1. The molecule has 0 heterocycles. The van der Waals surface area contributed by atoms with Gasteiger partial charge in [-0.1, -0.05) is 26.0 Å². The maximum Gasteiger partial charge on any atom is 0.317 e. The summed E-state index contributed by atoms with van der Waals surface area (Å²) in [7, 11) is 0. The maximum absolute atomic E-state index is 12.3. The molecule has 0 bridgehead atoms. The summed E-state index contributed by atoms with van der Waals surface area (Å²) in [6.07, 6.45) is 0.141. The Hall–Kier alpha value is -1.71. The molecule has 0 radical (unpaired) electrons. The number of ether oxygens (including phenoxy) is 1. The van der Waals surface area contributed by atoms with Crippen LogP contribution < -0.4 is 10.1 Å². The predicted octanol–water partition coefficient (Wildman–Crippen LogP) is 4.22. The lowest BCUT2D eigenvalue weighted by Crippen LogP contribution is -2.42. The Balaban J connectivity index is 2.71. The van der Waals surface area contributed by atoms with E-state index in [9.17, 15) is 4.79 Å². The van der Waals surface area contributed by atoms with Gasteiger partial charge in [0.15, 0.2) is 0 Å². The summed E-state index contributed by atoms with van der Waals surface area (Å²) < 4.78 is 5.71. The van der Waals surface area contributed by atoms with Gasteiger partial charge in [-0.2, -0.15) is 0 Å². The first kappa shape index (κ1) is 18.3. The number of hydrogen-bond acceptors (Lipinski definition) is 2. The van der Waals surface area contributed by atoms with Crippen LogP contribution in [-0.2, 0) is 0 Å². The third-order valence-electron chi connectivity index (χ3n) is 3.32. The summed E-state index contributed by atoms with van der Waals surface area (Å²) in [6, 6.07) is 7.83. The Morgan fingerprint density at radius 2 is 1.91 bits per heavy atom. The van der Waals surface area contributed by atoms with Crippen LogP contribution >= 0.6 is 0 Å². The summed E-state index contributed by atoms with van der Waals surface area (Å²) in [4.78, 5) is 14.2. The lowest BCUT2D eigenvalue weighted by atomic mass is 10.1. The Labute approximate surface area is 134 Å². The number of amides is 2. The van der Waals surface area contributed by atoms with E-state index < -0.39 is 0 Å². The predicted molar refractivity (Wildman–Crippen MR) is 91.2 cm³/mol. The van der Waals surface area contributed by atoms with E-state index in [2.05, 4.69) is 19.2 Å². The number of rotatable bonds is 7. The second kappa shape index (κ2) is 8.66. The highest BCUT2D eigenvalue weighted by molar-refractivity contribution is 5.74. The summed E-state index contributed by atoms with van der Waals surface area (Å²) >= 11 is 0. The summed E-state index contributed by atoms with van der Waals surface area (Å²) in [5.41, 5.74) is 1.05. The van der Waals surface area contributed by atoms with Gasteiger partial charge in [-0.3, -0.25) is 0 Å². The monoisotopic (exact) mass is 306 g/mol. The molecule has 1 atom stereocenters. The van der Waals surface area contributed by atoms with Crippen LogP contribution in [0.15, 0.2) is 24.3 Å². The van der Waals surface area contributed by atoms with Crippen LogP contribution in [0, 0.1) is 5.92 Å². The molecule has 1 aromatic rings. The third kappa shape index (κ3) is 5.96. The lowest BCUT2D eigenvalue weighted by molar-refractivity contribution is 0.190. The minimum atomic E-state index is -0.0515. The molecule has 0 fully saturated rings. The molecule has 1 aromatic carbocycles. The van der Waals surface area contributed by atoms with Crippen LogP contribution in [-0.4, -0.2) is 30.1 Å². The standard InChI is InChI=1S/C18H30N2O2/c1-7-20(12-13(2)3)18(21)19-15(6)16-9-8-10-17(11-16)22-14(4)5/h8-11,13-15H,7,12H2,1-6H3,(H,19,21). The largest absolute Gasteiger partial charge is 0.491 e. The highest BCUT2D eigenvalue weighted by Crippen LogP contribution is 2.20. The maximum atomic E-state index is 12.3. The van der Waals surface area contributed by atoms with E-state index in [1.807, 2.05) is 56.9 Å². The molecule has 0 saturated heterocycles. The molecule has 0 spiro atoms. The number of nitrogens with one attached hydrogen (secondary N) is 1. The Kier molecular flexibility index (Phi) is 7.22. The topological polar surface area (TPSA) is 41.6 Å². The molecule has 0 saturated carbocycles. The van der Waals surface area contributed by atoms with Crippen molar-refractivity contribution in [2.75, 3.05) is 13.1 Å². The normalized spacial score (nSPS) is 12.4. The fourth-order valence-corrected chi connectivity index (χ4v) is 2.29. The van der Waals surface area contributed by atoms with Gasteiger partial charge in [-0.05, 0) is 51.3 Å². The van der Waals surface area contributed by atoms with Gasteiger partial charge in [0.05, 0.1) is 12.1 Å². The zero-order valence-corrected chi connectivity index (χ0v) is 14.7. The van der Waals surface area contributed by atoms with Gasteiger partial charge in [0.2, 0.25) is 0 Å². The van der Waals surface area contributed by atoms with Gasteiger partial charge in [-0.25, -0.2) is 4.79 Å². The second-order valence-electron chi connectivity index (χ2n) is 6.34. The molecule has 0 aliphatic heterocycles. The van der Waals surface area contributed by atoms with Crippen molar-refractivity contribution in [3.8, 4) is 5.75 Å². The highest BCUT2D eigenvalue weighted by Gasteiger charge is 2.16. The Morgan fingerprint density at radius 1 is 1.23 bits per heavy atom.